The van der Waals surface area contributed by atoms with Crippen LogP contribution in [-0.4, -0.2) is 20.6 Å². The Kier molecular flexibility index (Phi) is 5.86. The molecule has 5 rings (SSSR count). The van der Waals surface area contributed by atoms with Gasteiger partial charge in [-0.2, -0.15) is 0 Å². The van der Waals surface area contributed by atoms with E-state index in [9.17, 15) is 4.79 Å². The van der Waals surface area contributed by atoms with Gasteiger partial charge >= 0.3 is 0 Å². The zero-order chi connectivity index (χ0) is 23.7. The third kappa shape index (κ3) is 4.06. The van der Waals surface area contributed by atoms with E-state index in [1.54, 1.807) is 0 Å². The van der Waals surface area contributed by atoms with Crippen molar-refractivity contribution in [3.63, 3.8) is 0 Å². The second-order valence-electron chi connectivity index (χ2n) is 8.31. The van der Waals surface area contributed by atoms with E-state index >= 15 is 0 Å². The highest BCUT2D eigenvalue weighted by atomic mass is 32.1. The fourth-order valence-corrected chi connectivity index (χ4v) is 4.88. The Bertz CT molecular complexity index is 1330. The second kappa shape index (κ2) is 9.11. The van der Waals surface area contributed by atoms with E-state index < -0.39 is 0 Å². The van der Waals surface area contributed by atoms with E-state index in [1.807, 2.05) is 54.7 Å². The summed E-state index contributed by atoms with van der Waals surface area (Å²) in [6.07, 6.45) is 3.90. The minimum Gasteiger partial charge on any atom is -0.351 e. The lowest BCUT2D eigenvalue weighted by molar-refractivity contribution is -0.114. The van der Waals surface area contributed by atoms with Crippen LogP contribution in [0.15, 0.2) is 91.3 Å². The number of para-hydroxylation sites is 1. The Hall–Kier alpha value is -3.97. The zero-order valence-electron chi connectivity index (χ0n) is 19.0. The number of anilines is 2. The maximum Gasteiger partial charge on any atom is 0.221 e. The van der Waals surface area contributed by atoms with E-state index in [2.05, 4.69) is 68.5 Å². The average molecular weight is 468 g/mol. The Labute approximate surface area is 204 Å². The molecule has 2 aromatic carbocycles. The highest BCUT2D eigenvalue weighted by Gasteiger charge is 2.42. The van der Waals surface area contributed by atoms with Gasteiger partial charge in [-0.05, 0) is 79.3 Å². The Morgan fingerprint density at radius 1 is 1.00 bits per heavy atom. The molecule has 170 valence electrons. The van der Waals surface area contributed by atoms with Gasteiger partial charge in [-0.1, -0.05) is 24.3 Å². The first-order chi connectivity index (χ1) is 16.5. The number of aryl methyl sites for hydroxylation is 1. The van der Waals surface area contributed by atoms with Gasteiger partial charge in [0.15, 0.2) is 5.11 Å². The Morgan fingerprint density at radius 2 is 1.76 bits per heavy atom. The number of carbonyl (C=O) groups excluding carboxylic acids is 1. The molecule has 0 aliphatic carbocycles. The molecule has 2 aromatic heterocycles. The summed E-state index contributed by atoms with van der Waals surface area (Å²) in [5, 5.41) is 6.96. The van der Waals surface area contributed by atoms with Crippen molar-refractivity contribution in [1.29, 1.82) is 0 Å². The van der Waals surface area contributed by atoms with E-state index in [1.165, 1.54) is 12.5 Å². The van der Waals surface area contributed by atoms with Gasteiger partial charge < -0.3 is 20.1 Å². The number of pyridine rings is 1. The first-order valence-corrected chi connectivity index (χ1v) is 11.6. The van der Waals surface area contributed by atoms with Gasteiger partial charge in [0, 0.05) is 42.1 Å². The summed E-state index contributed by atoms with van der Waals surface area (Å²) in [7, 11) is 0. The van der Waals surface area contributed by atoms with E-state index in [0.29, 0.717) is 5.11 Å². The topological polar surface area (TPSA) is 62.2 Å². The average Bonchev–Trinajstić information content (AvgIpc) is 3.44. The van der Waals surface area contributed by atoms with Crippen LogP contribution in [-0.2, 0) is 4.79 Å². The third-order valence-corrected chi connectivity index (χ3v) is 6.34. The van der Waals surface area contributed by atoms with Gasteiger partial charge in [0.2, 0.25) is 5.91 Å². The molecule has 34 heavy (non-hydrogen) atoms. The van der Waals surface area contributed by atoms with Gasteiger partial charge in [-0.15, -0.1) is 0 Å². The van der Waals surface area contributed by atoms with Crippen molar-refractivity contribution in [1.82, 2.24) is 14.9 Å². The quantitative estimate of drug-likeness (QED) is 0.389. The number of aromatic nitrogens is 2. The summed E-state index contributed by atoms with van der Waals surface area (Å²) in [4.78, 5) is 18.2. The minimum absolute atomic E-state index is 0.102. The predicted octanol–water partition coefficient (Wildman–Crippen LogP) is 5.32. The first kappa shape index (κ1) is 21.9. The summed E-state index contributed by atoms with van der Waals surface area (Å²) < 4.78 is 2.23. The number of rotatable bonds is 5. The molecule has 7 heteroatoms. The van der Waals surface area contributed by atoms with Gasteiger partial charge in [0.05, 0.1) is 11.7 Å². The van der Waals surface area contributed by atoms with Crippen LogP contribution in [0.3, 0.4) is 0 Å². The summed E-state index contributed by atoms with van der Waals surface area (Å²) in [5.41, 5.74) is 6.02. The molecule has 4 aromatic rings. The van der Waals surface area contributed by atoms with Gasteiger partial charge in [0.1, 0.15) is 6.04 Å². The SMILES string of the molecule is CC(=O)Nc1ccc(N2C(=S)N[C@H](c3ccccn3)[C@H]2c2cccn2-c2ccccc2C)cc1. The van der Waals surface area contributed by atoms with Crippen LogP contribution in [0, 0.1) is 6.92 Å². The Balaban J connectivity index is 1.63. The maximum absolute atomic E-state index is 11.5. The van der Waals surface area contributed by atoms with Crippen molar-refractivity contribution >= 4 is 34.6 Å². The van der Waals surface area contributed by atoms with Crippen molar-refractivity contribution in [2.75, 3.05) is 10.2 Å². The van der Waals surface area contributed by atoms with E-state index in [4.69, 9.17) is 12.2 Å². The number of amides is 1. The van der Waals surface area contributed by atoms with Crippen LogP contribution in [0.1, 0.15) is 36.0 Å². The molecule has 0 saturated carbocycles. The molecule has 1 amide bonds. The van der Waals surface area contributed by atoms with Gasteiger partial charge in [-0.3, -0.25) is 9.78 Å². The molecule has 1 aliphatic rings. The fraction of sp³-hybridized carbons (Fsp3) is 0.148. The normalized spacial score (nSPS) is 17.5. The lowest BCUT2D eigenvalue weighted by atomic mass is 10.0. The van der Waals surface area contributed by atoms with E-state index in [0.717, 1.165) is 28.5 Å². The number of carbonyl (C=O) groups is 1. The number of nitrogens with one attached hydrogen (secondary N) is 2. The van der Waals surface area contributed by atoms with Crippen LogP contribution < -0.4 is 15.5 Å². The summed E-state index contributed by atoms with van der Waals surface area (Å²) in [5.74, 6) is -0.102. The predicted molar refractivity (Wildman–Crippen MR) is 139 cm³/mol. The molecule has 0 bridgehead atoms. The smallest absolute Gasteiger partial charge is 0.221 e. The highest BCUT2D eigenvalue weighted by Crippen LogP contribution is 2.42. The summed E-state index contributed by atoms with van der Waals surface area (Å²) in [6, 6.07) is 26.0. The number of hydrogen-bond donors (Lipinski definition) is 2. The van der Waals surface area contributed by atoms with Crippen LogP contribution in [0.4, 0.5) is 11.4 Å². The van der Waals surface area contributed by atoms with Crippen LogP contribution >= 0.6 is 12.2 Å². The molecule has 1 fully saturated rings. The molecule has 0 radical (unpaired) electrons. The van der Waals surface area contributed by atoms with E-state index in [-0.39, 0.29) is 18.0 Å². The van der Waals surface area contributed by atoms with Crippen molar-refractivity contribution < 1.29 is 4.79 Å². The molecule has 1 saturated heterocycles. The van der Waals surface area contributed by atoms with Gasteiger partial charge in [0.25, 0.3) is 0 Å². The van der Waals surface area contributed by atoms with Crippen LogP contribution in [0.25, 0.3) is 5.69 Å². The Morgan fingerprint density at radius 3 is 2.47 bits per heavy atom. The molecule has 2 atom stereocenters. The minimum atomic E-state index is -0.138. The van der Waals surface area contributed by atoms with Crippen molar-refractivity contribution in [2.24, 2.45) is 0 Å². The molecule has 2 N–H and O–H groups in total. The number of thiocarbonyl (C=S) groups is 1. The monoisotopic (exact) mass is 467 g/mol. The molecule has 6 nitrogen and oxygen atoms in total. The highest BCUT2D eigenvalue weighted by molar-refractivity contribution is 7.80. The molecular formula is C27H25N5OS. The molecule has 1 aliphatic heterocycles. The van der Waals surface area contributed by atoms with Crippen LogP contribution in [0.2, 0.25) is 0 Å². The van der Waals surface area contributed by atoms with Crippen molar-refractivity contribution in [3.05, 3.63) is 108 Å². The maximum atomic E-state index is 11.5. The molecule has 0 spiro atoms. The molecular weight excluding hydrogens is 442 g/mol. The van der Waals surface area contributed by atoms with Crippen LogP contribution in [0.5, 0.6) is 0 Å². The lowest BCUT2D eigenvalue weighted by Crippen LogP contribution is -2.30. The third-order valence-electron chi connectivity index (χ3n) is 6.02. The number of benzene rings is 2. The number of nitrogens with zero attached hydrogens (tertiary/aromatic N) is 3. The standard InChI is InChI=1S/C27H25N5OS/c1-18-8-3-4-10-23(18)31-17-7-11-24(31)26-25(22-9-5-6-16-28-22)30-27(34)32(26)21-14-12-20(13-15-21)29-19(2)33/h3-17,25-26H,1-2H3,(H,29,33)(H,30,34)/t25-,26-/m1/s1. The first-order valence-electron chi connectivity index (χ1n) is 11.1. The molecule has 3 heterocycles. The van der Waals surface area contributed by atoms with Crippen molar-refractivity contribution in [3.8, 4) is 5.69 Å². The fourth-order valence-electron chi connectivity index (χ4n) is 4.53. The summed E-state index contributed by atoms with van der Waals surface area (Å²) in [6.45, 7) is 3.62. The number of hydrogen-bond acceptors (Lipinski definition) is 3. The lowest BCUT2D eigenvalue weighted by Gasteiger charge is -2.29. The summed E-state index contributed by atoms with van der Waals surface area (Å²) >= 11 is 5.85. The molecule has 0 unspecified atom stereocenters. The largest absolute Gasteiger partial charge is 0.351 e. The zero-order valence-corrected chi connectivity index (χ0v) is 19.8. The van der Waals surface area contributed by atoms with Crippen molar-refractivity contribution in [2.45, 2.75) is 25.9 Å². The van der Waals surface area contributed by atoms with Gasteiger partial charge in [-0.25, -0.2) is 0 Å². The second-order valence-corrected chi connectivity index (χ2v) is 8.70.